The highest BCUT2D eigenvalue weighted by molar-refractivity contribution is 8.02. The van der Waals surface area contributed by atoms with Crippen LogP contribution >= 0.6 is 0 Å². The van der Waals surface area contributed by atoms with Crippen LogP contribution in [0, 0.1) is 0 Å². The standard InChI is InChI=1S/C18H18N4O2S2/c1-3-21-13-9-5-7-11-15(13)25(23)17(21)19-20-18-22(4-2)14-10-6-8-12-16(14)26(18)24/h5-12H,3-4H2,1-2H3. The summed E-state index contributed by atoms with van der Waals surface area (Å²) in [6, 6.07) is 15.1. The first kappa shape index (κ1) is 17.1. The fourth-order valence-corrected chi connectivity index (χ4v) is 5.77. The number of anilines is 2. The molecule has 0 N–H and O–H groups in total. The van der Waals surface area contributed by atoms with Crippen LogP contribution in [0.5, 0.6) is 0 Å². The maximum atomic E-state index is 12.8. The first-order valence-corrected chi connectivity index (χ1v) is 10.7. The van der Waals surface area contributed by atoms with Crippen LogP contribution in [-0.2, 0) is 21.6 Å². The molecule has 0 aromatic heterocycles. The van der Waals surface area contributed by atoms with Crippen LogP contribution in [0.1, 0.15) is 13.8 Å². The predicted molar refractivity (Wildman–Crippen MR) is 107 cm³/mol. The molecule has 0 amide bonds. The third-order valence-corrected chi connectivity index (χ3v) is 7.12. The van der Waals surface area contributed by atoms with Gasteiger partial charge in [0.1, 0.15) is 21.6 Å². The molecule has 2 aliphatic heterocycles. The summed E-state index contributed by atoms with van der Waals surface area (Å²) in [5.41, 5.74) is 1.77. The van der Waals surface area contributed by atoms with Crippen molar-refractivity contribution in [2.45, 2.75) is 23.6 Å². The van der Waals surface area contributed by atoms with Crippen molar-refractivity contribution in [1.82, 2.24) is 0 Å². The molecule has 2 atom stereocenters. The first-order chi connectivity index (χ1) is 12.7. The minimum atomic E-state index is -1.39. The topological polar surface area (TPSA) is 65.3 Å². The van der Waals surface area contributed by atoms with Crippen LogP contribution in [0.25, 0.3) is 0 Å². The lowest BCUT2D eigenvalue weighted by atomic mass is 10.3. The predicted octanol–water partition coefficient (Wildman–Crippen LogP) is 2.91. The van der Waals surface area contributed by atoms with Crippen LogP contribution in [0.2, 0.25) is 0 Å². The van der Waals surface area contributed by atoms with E-state index in [1.165, 1.54) is 0 Å². The molecule has 2 aromatic rings. The van der Waals surface area contributed by atoms with Crippen molar-refractivity contribution in [3.05, 3.63) is 48.5 Å². The normalized spacial score (nSPS) is 24.4. The molecule has 0 saturated heterocycles. The highest BCUT2D eigenvalue weighted by Gasteiger charge is 2.34. The zero-order valence-electron chi connectivity index (χ0n) is 14.5. The number of para-hydroxylation sites is 2. The second-order valence-corrected chi connectivity index (χ2v) is 8.41. The Labute approximate surface area is 157 Å². The molecule has 0 spiro atoms. The maximum Gasteiger partial charge on any atom is 0.225 e. The zero-order chi connectivity index (χ0) is 18.3. The molecule has 0 saturated carbocycles. The van der Waals surface area contributed by atoms with E-state index in [0.717, 1.165) is 21.2 Å². The minimum Gasteiger partial charge on any atom is -0.316 e. The molecule has 2 unspecified atom stereocenters. The van der Waals surface area contributed by atoms with Crippen molar-refractivity contribution >= 4 is 43.3 Å². The molecule has 4 rings (SSSR count). The van der Waals surface area contributed by atoms with Gasteiger partial charge in [-0.2, -0.15) is 0 Å². The summed E-state index contributed by atoms with van der Waals surface area (Å²) in [6.45, 7) is 5.22. The number of amidine groups is 2. The first-order valence-electron chi connectivity index (χ1n) is 8.39. The molecule has 6 nitrogen and oxygen atoms in total. The molecule has 0 aliphatic carbocycles. The molecule has 26 heavy (non-hydrogen) atoms. The Morgan fingerprint density at radius 2 is 1.12 bits per heavy atom. The van der Waals surface area contributed by atoms with Gasteiger partial charge in [0.05, 0.1) is 21.2 Å². The summed E-state index contributed by atoms with van der Waals surface area (Å²) >= 11 is 0. The molecule has 2 aliphatic rings. The van der Waals surface area contributed by atoms with Crippen molar-refractivity contribution in [1.29, 1.82) is 0 Å². The van der Waals surface area contributed by atoms with Crippen molar-refractivity contribution < 1.29 is 8.42 Å². The second-order valence-electron chi connectivity index (χ2n) is 5.73. The van der Waals surface area contributed by atoms with Gasteiger partial charge in [-0.1, -0.05) is 24.3 Å². The number of hydrogen-bond acceptors (Lipinski definition) is 4. The van der Waals surface area contributed by atoms with Crippen molar-refractivity contribution in [3.63, 3.8) is 0 Å². The van der Waals surface area contributed by atoms with E-state index in [9.17, 15) is 8.42 Å². The van der Waals surface area contributed by atoms with Gasteiger partial charge in [-0.25, -0.2) is 8.42 Å². The number of nitrogens with zero attached hydrogens (tertiary/aromatic N) is 4. The van der Waals surface area contributed by atoms with Gasteiger partial charge in [-0.15, -0.1) is 10.2 Å². The van der Waals surface area contributed by atoms with Gasteiger partial charge in [0.2, 0.25) is 10.3 Å². The summed E-state index contributed by atoms with van der Waals surface area (Å²) < 4.78 is 25.6. The molecular formula is C18H18N4O2S2. The molecule has 0 radical (unpaired) electrons. The number of benzene rings is 2. The zero-order valence-corrected chi connectivity index (χ0v) is 16.1. The smallest absolute Gasteiger partial charge is 0.225 e. The van der Waals surface area contributed by atoms with Crippen LogP contribution in [0.15, 0.2) is 68.5 Å². The number of fused-ring (bicyclic) bond motifs is 2. The molecule has 2 heterocycles. The minimum absolute atomic E-state index is 0.380. The van der Waals surface area contributed by atoms with Crippen LogP contribution in [0.4, 0.5) is 11.4 Å². The van der Waals surface area contributed by atoms with E-state index in [-0.39, 0.29) is 0 Å². The average Bonchev–Trinajstić information content (AvgIpc) is 3.11. The van der Waals surface area contributed by atoms with Crippen LogP contribution in [-0.4, -0.2) is 31.8 Å². The van der Waals surface area contributed by atoms with Crippen molar-refractivity contribution in [2.75, 3.05) is 22.9 Å². The quantitative estimate of drug-likeness (QED) is 0.761. The highest BCUT2D eigenvalue weighted by atomic mass is 32.2. The van der Waals surface area contributed by atoms with Crippen molar-refractivity contribution in [3.8, 4) is 0 Å². The Morgan fingerprint density at radius 1 is 0.731 bits per heavy atom. The van der Waals surface area contributed by atoms with E-state index in [2.05, 4.69) is 10.2 Å². The third kappa shape index (κ3) is 2.52. The van der Waals surface area contributed by atoms with Gasteiger partial charge in [-0.05, 0) is 38.1 Å². The third-order valence-electron chi connectivity index (χ3n) is 4.36. The molecule has 134 valence electrons. The molecule has 8 heteroatoms. The van der Waals surface area contributed by atoms with Gasteiger partial charge in [0.25, 0.3) is 0 Å². The Kier molecular flexibility index (Phi) is 4.46. The summed E-state index contributed by atoms with van der Waals surface area (Å²) in [6.07, 6.45) is 0. The van der Waals surface area contributed by atoms with Gasteiger partial charge in [-0.3, -0.25) is 0 Å². The van der Waals surface area contributed by atoms with E-state index in [1.807, 2.05) is 72.2 Å². The van der Waals surface area contributed by atoms with Gasteiger partial charge < -0.3 is 9.80 Å². The summed E-state index contributed by atoms with van der Waals surface area (Å²) in [7, 11) is -2.78. The van der Waals surface area contributed by atoms with Crippen molar-refractivity contribution in [2.24, 2.45) is 10.2 Å². The Bertz CT molecular complexity index is 907. The Balaban J connectivity index is 1.76. The molecule has 0 fully saturated rings. The Hall–Kier alpha value is -2.32. The number of rotatable bonds is 3. The summed E-state index contributed by atoms with van der Waals surface area (Å²) in [5.74, 6) is 0. The lowest BCUT2D eigenvalue weighted by molar-refractivity contribution is 0.689. The lowest BCUT2D eigenvalue weighted by Crippen LogP contribution is -2.29. The monoisotopic (exact) mass is 386 g/mol. The highest BCUT2D eigenvalue weighted by Crippen LogP contribution is 2.34. The van der Waals surface area contributed by atoms with Crippen LogP contribution < -0.4 is 9.80 Å². The SMILES string of the molecule is CCN1C(=NN=C2N(CC)c3ccccc3S2=O)S(=O)c2ccccc21. The van der Waals surface area contributed by atoms with E-state index in [4.69, 9.17) is 0 Å². The number of hydrogen-bond donors (Lipinski definition) is 0. The molecule has 0 bridgehead atoms. The van der Waals surface area contributed by atoms with E-state index < -0.39 is 21.6 Å². The lowest BCUT2D eigenvalue weighted by Gasteiger charge is -2.16. The largest absolute Gasteiger partial charge is 0.316 e. The summed E-state index contributed by atoms with van der Waals surface area (Å²) in [4.78, 5) is 5.24. The van der Waals surface area contributed by atoms with Crippen LogP contribution in [0.3, 0.4) is 0 Å². The Morgan fingerprint density at radius 3 is 1.50 bits per heavy atom. The summed E-state index contributed by atoms with van der Waals surface area (Å²) in [5, 5.41) is 9.32. The fourth-order valence-electron chi connectivity index (χ4n) is 3.16. The van der Waals surface area contributed by atoms with E-state index in [1.54, 1.807) is 0 Å². The average molecular weight is 387 g/mol. The second kappa shape index (κ2) is 6.77. The maximum absolute atomic E-state index is 12.8. The van der Waals surface area contributed by atoms with Gasteiger partial charge >= 0.3 is 0 Å². The van der Waals surface area contributed by atoms with Gasteiger partial charge in [0.15, 0.2) is 0 Å². The fraction of sp³-hybridized carbons (Fsp3) is 0.222. The molecular weight excluding hydrogens is 368 g/mol. The van der Waals surface area contributed by atoms with E-state index >= 15 is 0 Å². The van der Waals surface area contributed by atoms with E-state index in [0.29, 0.717) is 23.4 Å². The molecule has 2 aromatic carbocycles. The van der Waals surface area contributed by atoms with Gasteiger partial charge in [0, 0.05) is 13.1 Å².